The van der Waals surface area contributed by atoms with E-state index in [0.717, 1.165) is 38.1 Å². The van der Waals surface area contributed by atoms with Crippen molar-refractivity contribution in [2.75, 3.05) is 7.11 Å². The van der Waals surface area contributed by atoms with Gasteiger partial charge in [0.1, 0.15) is 28.9 Å². The smallest absolute Gasteiger partial charge is 0.303 e. The lowest BCUT2D eigenvalue weighted by Gasteiger charge is -2.44. The van der Waals surface area contributed by atoms with Crippen LogP contribution in [0.1, 0.15) is 42.8 Å². The minimum absolute atomic E-state index is 0.00821. The Morgan fingerprint density at radius 3 is 2.08 bits per heavy atom. The molecule has 0 saturated carbocycles. The van der Waals surface area contributed by atoms with E-state index in [4.69, 9.17) is 28.4 Å². The van der Waals surface area contributed by atoms with Crippen LogP contribution in [0.3, 0.4) is 0 Å². The fourth-order valence-corrected chi connectivity index (χ4v) is 4.69. The van der Waals surface area contributed by atoms with Crippen LogP contribution in [0.2, 0.25) is 0 Å². The van der Waals surface area contributed by atoms with E-state index in [1.807, 2.05) is 0 Å². The van der Waals surface area contributed by atoms with Crippen LogP contribution in [0.4, 0.5) is 0 Å². The topological polar surface area (TPSA) is 208 Å². The number of phenolic OH excluding ortho intramolecular Hbond substituents is 4. The van der Waals surface area contributed by atoms with E-state index in [-0.39, 0.29) is 22.6 Å². The van der Waals surface area contributed by atoms with Gasteiger partial charge in [0.2, 0.25) is 11.5 Å². The Morgan fingerprint density at radius 2 is 1.50 bits per heavy atom. The normalized spacial score (nSPS) is 27.7. The van der Waals surface area contributed by atoms with Gasteiger partial charge in [-0.3, -0.25) is 14.4 Å². The number of aliphatic hydroxyl groups excluding tert-OH is 1. The first kappa shape index (κ1) is 28.7. The molecule has 0 bridgehead atoms. The quantitative estimate of drug-likeness (QED) is 0.312. The Bertz CT molecular complexity index is 1300. The number of ether oxygens (including phenoxy) is 6. The number of fused-ring (bicyclic) bond motifs is 1. The standard InChI is InChI=1S/C26H28O14/c1-9-21(37-10(2)27)20(34)25(38-11(3)28)26(36-9)40-24-19(33)18-14(30)7-13(29)8-17(18)39-22(24)12-5-15(31)23(35-4)16(32)6-12/h5-9,20-22,24-26,29-32,34H,1-4H3/t9-,20+,21-,22?,24?,25+,26-/m0/s1. The van der Waals surface area contributed by atoms with Crippen molar-refractivity contribution in [2.24, 2.45) is 0 Å². The molecule has 2 aromatic carbocycles. The lowest BCUT2D eigenvalue weighted by atomic mass is 9.91. The zero-order valence-corrected chi connectivity index (χ0v) is 21.8. The van der Waals surface area contributed by atoms with Crippen molar-refractivity contribution in [3.05, 3.63) is 35.4 Å². The molecule has 7 atom stereocenters. The highest BCUT2D eigenvalue weighted by molar-refractivity contribution is 6.05. The third-order valence-corrected chi connectivity index (χ3v) is 6.34. The number of benzene rings is 2. The minimum Gasteiger partial charge on any atom is -0.508 e. The molecule has 5 N–H and O–H groups in total. The van der Waals surface area contributed by atoms with Crippen LogP contribution in [-0.4, -0.2) is 87.2 Å². The average Bonchev–Trinajstić information content (AvgIpc) is 2.84. The average molecular weight is 564 g/mol. The van der Waals surface area contributed by atoms with Gasteiger partial charge in [-0.05, 0) is 19.1 Å². The van der Waals surface area contributed by atoms with E-state index < -0.39 is 83.6 Å². The molecule has 216 valence electrons. The summed E-state index contributed by atoms with van der Waals surface area (Å²) in [5, 5.41) is 52.0. The van der Waals surface area contributed by atoms with Crippen LogP contribution < -0.4 is 9.47 Å². The van der Waals surface area contributed by atoms with Gasteiger partial charge in [0.15, 0.2) is 42.2 Å². The van der Waals surface area contributed by atoms with E-state index in [0.29, 0.717) is 0 Å². The maximum Gasteiger partial charge on any atom is 0.303 e. The predicted molar refractivity (Wildman–Crippen MR) is 130 cm³/mol. The van der Waals surface area contributed by atoms with Crippen LogP contribution in [0.5, 0.6) is 34.5 Å². The molecule has 0 aromatic heterocycles. The lowest BCUT2D eigenvalue weighted by molar-refractivity contribution is -0.308. The number of carbonyl (C=O) groups is 3. The first-order valence-electron chi connectivity index (χ1n) is 12.0. The number of Topliss-reactive ketones (excluding diaryl/α,β-unsaturated/α-hetero) is 1. The number of carbonyl (C=O) groups excluding carboxylic acids is 3. The highest BCUT2D eigenvalue weighted by Crippen LogP contribution is 2.46. The summed E-state index contributed by atoms with van der Waals surface area (Å²) in [7, 11) is 1.22. The Balaban J connectivity index is 1.78. The van der Waals surface area contributed by atoms with Crippen molar-refractivity contribution in [1.29, 1.82) is 0 Å². The molecule has 0 amide bonds. The number of esters is 2. The highest BCUT2D eigenvalue weighted by Gasteiger charge is 2.51. The molecule has 1 saturated heterocycles. The van der Waals surface area contributed by atoms with E-state index in [9.17, 15) is 39.9 Å². The monoisotopic (exact) mass is 564 g/mol. The molecule has 2 unspecified atom stereocenters. The van der Waals surface area contributed by atoms with Crippen molar-refractivity contribution >= 4 is 17.7 Å². The largest absolute Gasteiger partial charge is 0.508 e. The Kier molecular flexibility index (Phi) is 7.95. The molecule has 2 aliphatic heterocycles. The number of hydrogen-bond acceptors (Lipinski definition) is 14. The predicted octanol–water partition coefficient (Wildman–Crippen LogP) is 1.19. The number of ketones is 1. The maximum absolute atomic E-state index is 13.7. The van der Waals surface area contributed by atoms with Gasteiger partial charge in [0.05, 0.1) is 13.2 Å². The molecule has 0 spiro atoms. The molecule has 2 aromatic rings. The summed E-state index contributed by atoms with van der Waals surface area (Å²) in [6.07, 6.45) is -10.2. The van der Waals surface area contributed by atoms with E-state index in [2.05, 4.69) is 0 Å². The van der Waals surface area contributed by atoms with Gasteiger partial charge >= 0.3 is 11.9 Å². The van der Waals surface area contributed by atoms with Gasteiger partial charge in [-0.25, -0.2) is 0 Å². The van der Waals surface area contributed by atoms with E-state index in [1.54, 1.807) is 0 Å². The van der Waals surface area contributed by atoms with E-state index in [1.165, 1.54) is 14.0 Å². The zero-order valence-electron chi connectivity index (χ0n) is 21.8. The molecule has 2 heterocycles. The number of aliphatic hydroxyl groups is 1. The second kappa shape index (κ2) is 11.1. The third kappa shape index (κ3) is 5.41. The SMILES string of the molecule is COc1c(O)cc(C2Oc3cc(O)cc(O)c3C(=O)C2O[C@@H]2O[C@@H](C)[C@H](OC(C)=O)[C@@H](O)[C@H]2OC(C)=O)cc1O. The van der Waals surface area contributed by atoms with Crippen molar-refractivity contribution in [1.82, 2.24) is 0 Å². The molecule has 1 fully saturated rings. The number of phenols is 4. The number of rotatable bonds is 6. The number of aromatic hydroxyl groups is 4. The third-order valence-electron chi connectivity index (χ3n) is 6.34. The zero-order chi connectivity index (χ0) is 29.5. The van der Waals surface area contributed by atoms with Gasteiger partial charge in [-0.2, -0.15) is 0 Å². The highest BCUT2D eigenvalue weighted by atomic mass is 16.7. The fraction of sp³-hybridized carbons (Fsp3) is 0.423. The van der Waals surface area contributed by atoms with Crippen LogP contribution in [0, 0.1) is 0 Å². The summed E-state index contributed by atoms with van der Waals surface area (Å²) in [5.74, 6) is -4.97. The van der Waals surface area contributed by atoms with E-state index >= 15 is 0 Å². The van der Waals surface area contributed by atoms with Crippen LogP contribution in [0.15, 0.2) is 24.3 Å². The minimum atomic E-state index is -1.69. The molecule has 14 nitrogen and oxygen atoms in total. The summed E-state index contributed by atoms with van der Waals surface area (Å²) in [4.78, 5) is 37.1. The summed E-state index contributed by atoms with van der Waals surface area (Å²) >= 11 is 0. The Hall–Kier alpha value is -4.27. The maximum atomic E-state index is 13.7. The summed E-state index contributed by atoms with van der Waals surface area (Å²) in [6.45, 7) is 3.63. The molecular formula is C26H28O14. The van der Waals surface area contributed by atoms with Crippen molar-refractivity contribution < 1.29 is 68.3 Å². The van der Waals surface area contributed by atoms with Gasteiger partial charge in [0.25, 0.3) is 0 Å². The molecule has 0 radical (unpaired) electrons. The first-order chi connectivity index (χ1) is 18.8. The summed E-state index contributed by atoms with van der Waals surface area (Å²) < 4.78 is 32.9. The molecule has 14 heteroatoms. The first-order valence-corrected chi connectivity index (χ1v) is 12.0. The lowest BCUT2D eigenvalue weighted by Crippen LogP contribution is -2.61. The van der Waals surface area contributed by atoms with Crippen molar-refractivity contribution in [3.63, 3.8) is 0 Å². The number of hydrogen-bond donors (Lipinski definition) is 5. The van der Waals surface area contributed by atoms with Gasteiger partial charge in [-0.15, -0.1) is 0 Å². The van der Waals surface area contributed by atoms with Crippen molar-refractivity contribution in [3.8, 4) is 34.5 Å². The van der Waals surface area contributed by atoms with Crippen LogP contribution in [0.25, 0.3) is 0 Å². The molecule has 2 aliphatic rings. The Labute approximate surface area is 227 Å². The molecule has 40 heavy (non-hydrogen) atoms. The van der Waals surface area contributed by atoms with Crippen molar-refractivity contribution in [2.45, 2.75) is 63.7 Å². The summed E-state index contributed by atoms with van der Waals surface area (Å²) in [5.41, 5.74) is -0.346. The molecule has 0 aliphatic carbocycles. The fourth-order valence-electron chi connectivity index (χ4n) is 4.69. The van der Waals surface area contributed by atoms with Crippen LogP contribution in [-0.2, 0) is 28.5 Å². The Morgan fingerprint density at radius 1 is 0.900 bits per heavy atom. The summed E-state index contributed by atoms with van der Waals surface area (Å²) in [6, 6.07) is 4.27. The van der Waals surface area contributed by atoms with Gasteiger partial charge in [-0.1, -0.05) is 0 Å². The molecule has 4 rings (SSSR count). The molecular weight excluding hydrogens is 536 g/mol. The second-order valence-electron chi connectivity index (χ2n) is 9.24. The van der Waals surface area contributed by atoms with Gasteiger partial charge in [0, 0.05) is 31.5 Å². The second-order valence-corrected chi connectivity index (χ2v) is 9.24. The number of methoxy groups -OCH3 is 1. The van der Waals surface area contributed by atoms with Crippen LogP contribution >= 0.6 is 0 Å². The van der Waals surface area contributed by atoms with Gasteiger partial charge < -0.3 is 54.0 Å².